The van der Waals surface area contributed by atoms with Crippen LogP contribution in [0.15, 0.2) is 19.2 Å². The van der Waals surface area contributed by atoms with Crippen LogP contribution in [-0.4, -0.2) is 0 Å². The number of hydrogen-bond donors (Lipinski definition) is 0. The van der Waals surface area contributed by atoms with E-state index in [1.165, 1.54) is 15.3 Å². The Balaban J connectivity index is 0. The molecule has 1 aromatic rings. The van der Waals surface area contributed by atoms with Crippen molar-refractivity contribution in [3.8, 4) is 0 Å². The standard InChI is InChI=1S/C7H10S.C2H6.C2H4/c1-5-4-6(2)8-7(5)3;2*1-2/h4H,1-3H3;1-2H3;1-2H2. The van der Waals surface area contributed by atoms with Crippen LogP contribution < -0.4 is 0 Å². The van der Waals surface area contributed by atoms with Crippen LogP contribution in [-0.2, 0) is 0 Å². The maximum atomic E-state index is 3.00. The fraction of sp³-hybridized carbons (Fsp3) is 0.455. The largest absolute Gasteiger partial charge is 0.146 e. The Bertz CT molecular complexity index is 179. The molecule has 0 amide bonds. The minimum Gasteiger partial charge on any atom is -0.146 e. The Labute approximate surface area is 80.9 Å². The molecule has 0 nitrogen and oxygen atoms in total. The lowest BCUT2D eigenvalue weighted by molar-refractivity contribution is 1.43. The highest BCUT2D eigenvalue weighted by molar-refractivity contribution is 7.12. The monoisotopic (exact) mass is 184 g/mol. The Morgan fingerprint density at radius 3 is 1.58 bits per heavy atom. The third-order valence-corrected chi connectivity index (χ3v) is 2.36. The van der Waals surface area contributed by atoms with Crippen molar-refractivity contribution in [3.05, 3.63) is 34.5 Å². The van der Waals surface area contributed by atoms with Gasteiger partial charge in [-0.25, -0.2) is 0 Å². The Morgan fingerprint density at radius 2 is 1.50 bits per heavy atom. The van der Waals surface area contributed by atoms with Crippen LogP contribution >= 0.6 is 11.3 Å². The van der Waals surface area contributed by atoms with Crippen LogP contribution in [0.1, 0.15) is 29.2 Å². The van der Waals surface area contributed by atoms with E-state index in [1.807, 2.05) is 25.2 Å². The van der Waals surface area contributed by atoms with E-state index >= 15 is 0 Å². The van der Waals surface area contributed by atoms with Crippen LogP contribution in [0.3, 0.4) is 0 Å². The van der Waals surface area contributed by atoms with Gasteiger partial charge in [-0.05, 0) is 32.4 Å². The van der Waals surface area contributed by atoms with E-state index in [1.54, 1.807) is 0 Å². The summed E-state index contributed by atoms with van der Waals surface area (Å²) in [6.45, 7) is 16.5. The van der Waals surface area contributed by atoms with E-state index in [9.17, 15) is 0 Å². The molecule has 0 aromatic carbocycles. The minimum absolute atomic E-state index is 1.42. The molecule has 0 saturated carbocycles. The number of thiophene rings is 1. The first-order valence-electron chi connectivity index (χ1n) is 4.24. The molecule has 1 aromatic heterocycles. The van der Waals surface area contributed by atoms with Gasteiger partial charge in [0.15, 0.2) is 0 Å². The molecule has 1 heteroatoms. The van der Waals surface area contributed by atoms with Crippen LogP contribution in [0.2, 0.25) is 0 Å². The predicted molar refractivity (Wildman–Crippen MR) is 61.1 cm³/mol. The molecule has 12 heavy (non-hydrogen) atoms. The van der Waals surface area contributed by atoms with Crippen molar-refractivity contribution in [3.63, 3.8) is 0 Å². The predicted octanol–water partition coefficient (Wildman–Crippen LogP) is 4.50. The average molecular weight is 184 g/mol. The lowest BCUT2D eigenvalue weighted by Crippen LogP contribution is -1.62. The zero-order chi connectivity index (χ0) is 10.1. The first-order chi connectivity index (χ1) is 5.70. The van der Waals surface area contributed by atoms with Crippen molar-refractivity contribution in [1.82, 2.24) is 0 Å². The van der Waals surface area contributed by atoms with Crippen molar-refractivity contribution < 1.29 is 0 Å². The lowest BCUT2D eigenvalue weighted by atomic mass is 10.3. The topological polar surface area (TPSA) is 0 Å². The summed E-state index contributed by atoms with van der Waals surface area (Å²) in [7, 11) is 0. The summed E-state index contributed by atoms with van der Waals surface area (Å²) in [5, 5.41) is 0. The Kier molecular flexibility index (Phi) is 9.95. The fourth-order valence-corrected chi connectivity index (χ4v) is 1.70. The molecular formula is C11H20S. The zero-order valence-electron chi connectivity index (χ0n) is 8.90. The van der Waals surface area contributed by atoms with E-state index in [2.05, 4.69) is 40.0 Å². The quantitative estimate of drug-likeness (QED) is 0.521. The maximum absolute atomic E-state index is 3.00. The van der Waals surface area contributed by atoms with Gasteiger partial charge in [0.1, 0.15) is 0 Å². The van der Waals surface area contributed by atoms with Crippen molar-refractivity contribution in [2.24, 2.45) is 0 Å². The van der Waals surface area contributed by atoms with Crippen molar-refractivity contribution in [1.29, 1.82) is 0 Å². The molecule has 0 fully saturated rings. The van der Waals surface area contributed by atoms with Crippen LogP contribution in [0.5, 0.6) is 0 Å². The van der Waals surface area contributed by atoms with Gasteiger partial charge < -0.3 is 0 Å². The summed E-state index contributed by atoms with van der Waals surface area (Å²) in [6, 6.07) is 2.22. The second-order valence-corrected chi connectivity index (χ2v) is 3.56. The molecule has 0 bridgehead atoms. The van der Waals surface area contributed by atoms with Crippen LogP contribution in [0.25, 0.3) is 0 Å². The van der Waals surface area contributed by atoms with Crippen LogP contribution in [0, 0.1) is 20.8 Å². The Morgan fingerprint density at radius 1 is 1.08 bits per heavy atom. The molecule has 1 heterocycles. The molecule has 0 saturated heterocycles. The summed E-state index contributed by atoms with van der Waals surface area (Å²) in [4.78, 5) is 2.86. The third-order valence-electron chi connectivity index (χ3n) is 1.29. The highest BCUT2D eigenvalue weighted by atomic mass is 32.1. The fourth-order valence-electron chi connectivity index (χ4n) is 0.758. The normalized spacial score (nSPS) is 7.42. The summed E-state index contributed by atoms with van der Waals surface area (Å²) in [5.41, 5.74) is 1.42. The van der Waals surface area contributed by atoms with E-state index in [0.29, 0.717) is 0 Å². The van der Waals surface area contributed by atoms with Crippen molar-refractivity contribution >= 4 is 11.3 Å². The summed E-state index contributed by atoms with van der Waals surface area (Å²) >= 11 is 1.87. The third kappa shape index (κ3) is 5.14. The minimum atomic E-state index is 1.42. The lowest BCUT2D eigenvalue weighted by Gasteiger charge is -1.79. The van der Waals surface area contributed by atoms with Gasteiger partial charge in [0.05, 0.1) is 0 Å². The van der Waals surface area contributed by atoms with Gasteiger partial charge in [-0.3, -0.25) is 0 Å². The molecule has 0 atom stereocenters. The molecule has 70 valence electrons. The van der Waals surface area contributed by atoms with Gasteiger partial charge in [0.2, 0.25) is 0 Å². The molecule has 0 aliphatic carbocycles. The van der Waals surface area contributed by atoms with E-state index in [4.69, 9.17) is 0 Å². The van der Waals surface area contributed by atoms with Crippen molar-refractivity contribution in [2.45, 2.75) is 34.6 Å². The van der Waals surface area contributed by atoms with Gasteiger partial charge in [-0.2, -0.15) is 0 Å². The SMILES string of the molecule is C=C.CC.Cc1cc(C)c(C)s1. The summed E-state index contributed by atoms with van der Waals surface area (Å²) in [6.07, 6.45) is 0. The van der Waals surface area contributed by atoms with Gasteiger partial charge in [0.25, 0.3) is 0 Å². The van der Waals surface area contributed by atoms with E-state index in [-0.39, 0.29) is 0 Å². The second-order valence-electron chi connectivity index (χ2n) is 2.10. The molecule has 0 aliphatic rings. The number of rotatable bonds is 0. The first-order valence-corrected chi connectivity index (χ1v) is 5.05. The second kappa shape index (κ2) is 8.54. The molecule has 0 aliphatic heterocycles. The van der Waals surface area contributed by atoms with Crippen LogP contribution in [0.4, 0.5) is 0 Å². The van der Waals surface area contributed by atoms with Gasteiger partial charge in [-0.15, -0.1) is 24.5 Å². The average Bonchev–Trinajstić information content (AvgIpc) is 2.37. The highest BCUT2D eigenvalue weighted by Crippen LogP contribution is 2.18. The molecule has 0 unspecified atom stereocenters. The van der Waals surface area contributed by atoms with Crippen molar-refractivity contribution in [2.75, 3.05) is 0 Å². The summed E-state index contributed by atoms with van der Waals surface area (Å²) < 4.78 is 0. The number of aryl methyl sites for hydroxylation is 3. The molecule has 0 radical (unpaired) electrons. The van der Waals surface area contributed by atoms with E-state index < -0.39 is 0 Å². The first kappa shape index (κ1) is 14.0. The van der Waals surface area contributed by atoms with Gasteiger partial charge in [0, 0.05) is 9.75 Å². The summed E-state index contributed by atoms with van der Waals surface area (Å²) in [5.74, 6) is 0. The molecular weight excluding hydrogens is 164 g/mol. The molecule has 0 N–H and O–H groups in total. The molecule has 0 spiro atoms. The van der Waals surface area contributed by atoms with Gasteiger partial charge >= 0.3 is 0 Å². The smallest absolute Gasteiger partial charge is 0.00462 e. The molecule has 1 rings (SSSR count). The zero-order valence-corrected chi connectivity index (χ0v) is 9.72. The highest BCUT2D eigenvalue weighted by Gasteiger charge is 1.93. The van der Waals surface area contributed by atoms with Gasteiger partial charge in [-0.1, -0.05) is 13.8 Å². The van der Waals surface area contributed by atoms with E-state index in [0.717, 1.165) is 0 Å². The Hall–Kier alpha value is -0.560. The maximum Gasteiger partial charge on any atom is 0.00462 e. The number of hydrogen-bond acceptors (Lipinski definition) is 1.